The average molecular weight is 247 g/mol. The van der Waals surface area contributed by atoms with Crippen LogP contribution in [0, 0.1) is 5.92 Å². The number of ether oxygens (including phenoxy) is 1. The molecule has 1 fully saturated rings. The van der Waals surface area contributed by atoms with Gasteiger partial charge < -0.3 is 15.2 Å². The summed E-state index contributed by atoms with van der Waals surface area (Å²) in [5, 5.41) is 13.8. The first-order chi connectivity index (χ1) is 8.79. The molecule has 0 saturated heterocycles. The SMILES string of the molecule is COCC(N[C@@H]1c2ccccc2C[C@@H]1O)C1CC1. The predicted octanol–water partition coefficient (Wildman–Crippen LogP) is 1.66. The Morgan fingerprint density at radius 2 is 2.17 bits per heavy atom. The van der Waals surface area contributed by atoms with Crippen LogP contribution in [-0.2, 0) is 11.2 Å². The number of nitrogens with one attached hydrogen (secondary N) is 1. The van der Waals surface area contributed by atoms with E-state index in [0.29, 0.717) is 6.04 Å². The van der Waals surface area contributed by atoms with Crippen molar-refractivity contribution < 1.29 is 9.84 Å². The summed E-state index contributed by atoms with van der Waals surface area (Å²) in [7, 11) is 1.75. The monoisotopic (exact) mass is 247 g/mol. The van der Waals surface area contributed by atoms with Crippen molar-refractivity contribution in [3.63, 3.8) is 0 Å². The molecule has 2 N–H and O–H groups in total. The van der Waals surface area contributed by atoms with E-state index in [0.717, 1.165) is 18.9 Å². The Kier molecular flexibility index (Phi) is 3.37. The molecule has 3 nitrogen and oxygen atoms in total. The van der Waals surface area contributed by atoms with Gasteiger partial charge in [-0.1, -0.05) is 24.3 Å². The first kappa shape index (κ1) is 12.2. The Balaban J connectivity index is 1.75. The lowest BCUT2D eigenvalue weighted by Crippen LogP contribution is -2.41. The van der Waals surface area contributed by atoms with E-state index in [4.69, 9.17) is 4.74 Å². The average Bonchev–Trinajstić information content (AvgIpc) is 3.15. The molecule has 0 aliphatic heterocycles. The smallest absolute Gasteiger partial charge is 0.0775 e. The first-order valence-electron chi connectivity index (χ1n) is 6.80. The van der Waals surface area contributed by atoms with Crippen molar-refractivity contribution in [1.82, 2.24) is 5.32 Å². The highest BCUT2D eigenvalue weighted by Crippen LogP contribution is 2.37. The molecule has 1 unspecified atom stereocenters. The minimum absolute atomic E-state index is 0.0713. The van der Waals surface area contributed by atoms with E-state index in [1.807, 2.05) is 12.1 Å². The second-order valence-corrected chi connectivity index (χ2v) is 5.51. The van der Waals surface area contributed by atoms with E-state index in [1.165, 1.54) is 24.0 Å². The number of fused-ring (bicyclic) bond motifs is 1. The molecule has 0 aromatic heterocycles. The second-order valence-electron chi connectivity index (χ2n) is 5.51. The van der Waals surface area contributed by atoms with Gasteiger partial charge in [-0.3, -0.25) is 0 Å². The van der Waals surface area contributed by atoms with Gasteiger partial charge in [0.15, 0.2) is 0 Å². The molecular weight excluding hydrogens is 226 g/mol. The normalized spacial score (nSPS) is 28.1. The van der Waals surface area contributed by atoms with Crippen LogP contribution in [0.1, 0.15) is 30.0 Å². The molecule has 2 aliphatic rings. The largest absolute Gasteiger partial charge is 0.391 e. The predicted molar refractivity (Wildman–Crippen MR) is 70.4 cm³/mol. The molecule has 3 rings (SSSR count). The zero-order chi connectivity index (χ0) is 12.5. The number of methoxy groups -OCH3 is 1. The molecule has 3 heteroatoms. The maximum absolute atomic E-state index is 10.2. The number of hydrogen-bond acceptors (Lipinski definition) is 3. The molecule has 98 valence electrons. The van der Waals surface area contributed by atoms with Crippen LogP contribution in [0.15, 0.2) is 24.3 Å². The molecular formula is C15H21NO2. The summed E-state index contributed by atoms with van der Waals surface area (Å²) in [5.74, 6) is 0.727. The Labute approximate surface area is 108 Å². The van der Waals surface area contributed by atoms with Crippen molar-refractivity contribution in [3.05, 3.63) is 35.4 Å². The van der Waals surface area contributed by atoms with Crippen molar-refractivity contribution >= 4 is 0 Å². The van der Waals surface area contributed by atoms with Crippen molar-refractivity contribution in [2.75, 3.05) is 13.7 Å². The van der Waals surface area contributed by atoms with Gasteiger partial charge >= 0.3 is 0 Å². The Morgan fingerprint density at radius 1 is 1.39 bits per heavy atom. The summed E-state index contributed by atoms with van der Waals surface area (Å²) in [4.78, 5) is 0. The summed E-state index contributed by atoms with van der Waals surface area (Å²) in [5.41, 5.74) is 2.53. The summed E-state index contributed by atoms with van der Waals surface area (Å²) >= 11 is 0. The van der Waals surface area contributed by atoms with Crippen LogP contribution >= 0.6 is 0 Å². The van der Waals surface area contributed by atoms with Crippen molar-refractivity contribution in [2.24, 2.45) is 5.92 Å². The standard InChI is InChI=1S/C15H21NO2/c1-18-9-13(10-6-7-10)16-15-12-5-3-2-4-11(12)8-14(15)17/h2-5,10,13-17H,6-9H2,1H3/t13?,14-,15+/m0/s1. The molecule has 1 aromatic carbocycles. The highest BCUT2D eigenvalue weighted by atomic mass is 16.5. The van der Waals surface area contributed by atoms with Crippen molar-refractivity contribution in [1.29, 1.82) is 0 Å². The van der Waals surface area contributed by atoms with Gasteiger partial charge in [-0.15, -0.1) is 0 Å². The molecule has 3 atom stereocenters. The fourth-order valence-corrected chi connectivity index (χ4v) is 3.00. The number of rotatable bonds is 5. The van der Waals surface area contributed by atoms with Crippen LogP contribution in [0.5, 0.6) is 0 Å². The van der Waals surface area contributed by atoms with Crippen LogP contribution < -0.4 is 5.32 Å². The van der Waals surface area contributed by atoms with Gasteiger partial charge in [-0.25, -0.2) is 0 Å². The quantitative estimate of drug-likeness (QED) is 0.831. The maximum atomic E-state index is 10.2. The summed E-state index contributed by atoms with van der Waals surface area (Å²) in [6, 6.07) is 8.78. The van der Waals surface area contributed by atoms with Crippen LogP contribution in [0.2, 0.25) is 0 Å². The first-order valence-corrected chi connectivity index (χ1v) is 6.80. The molecule has 0 radical (unpaired) electrons. The third-order valence-corrected chi connectivity index (χ3v) is 4.13. The molecule has 0 bridgehead atoms. The summed E-state index contributed by atoms with van der Waals surface area (Å²) in [6.07, 6.45) is 3.02. The molecule has 1 aromatic rings. The topological polar surface area (TPSA) is 41.5 Å². The third kappa shape index (κ3) is 2.30. The fourth-order valence-electron chi connectivity index (χ4n) is 3.00. The molecule has 2 aliphatic carbocycles. The van der Waals surface area contributed by atoms with E-state index in [1.54, 1.807) is 7.11 Å². The van der Waals surface area contributed by atoms with Crippen LogP contribution in [0.4, 0.5) is 0 Å². The molecule has 0 spiro atoms. The zero-order valence-corrected chi connectivity index (χ0v) is 10.8. The Bertz CT molecular complexity index is 417. The van der Waals surface area contributed by atoms with E-state index < -0.39 is 0 Å². The van der Waals surface area contributed by atoms with Gasteiger partial charge in [0.05, 0.1) is 18.8 Å². The lowest BCUT2D eigenvalue weighted by molar-refractivity contribution is 0.106. The third-order valence-electron chi connectivity index (χ3n) is 4.13. The van der Waals surface area contributed by atoms with Gasteiger partial charge in [0.2, 0.25) is 0 Å². The molecule has 1 saturated carbocycles. The van der Waals surface area contributed by atoms with Crippen LogP contribution in [0.25, 0.3) is 0 Å². The van der Waals surface area contributed by atoms with Gasteiger partial charge in [0.1, 0.15) is 0 Å². The Hall–Kier alpha value is -0.900. The number of aliphatic hydroxyl groups excluding tert-OH is 1. The molecule has 0 heterocycles. The van der Waals surface area contributed by atoms with Gasteiger partial charge in [-0.2, -0.15) is 0 Å². The number of benzene rings is 1. The van der Waals surface area contributed by atoms with Crippen LogP contribution in [-0.4, -0.2) is 31.0 Å². The maximum Gasteiger partial charge on any atom is 0.0775 e. The van der Waals surface area contributed by atoms with Crippen LogP contribution in [0.3, 0.4) is 0 Å². The molecule has 0 amide bonds. The van der Waals surface area contributed by atoms with Gasteiger partial charge in [0, 0.05) is 19.6 Å². The summed E-state index contributed by atoms with van der Waals surface area (Å²) in [6.45, 7) is 0.732. The Morgan fingerprint density at radius 3 is 2.89 bits per heavy atom. The van der Waals surface area contributed by atoms with E-state index in [-0.39, 0.29) is 12.1 Å². The number of aliphatic hydroxyl groups is 1. The van der Waals surface area contributed by atoms with Gasteiger partial charge in [-0.05, 0) is 29.9 Å². The van der Waals surface area contributed by atoms with Crippen molar-refractivity contribution in [2.45, 2.75) is 37.5 Å². The van der Waals surface area contributed by atoms with E-state index in [2.05, 4.69) is 17.4 Å². The minimum atomic E-state index is -0.305. The van der Waals surface area contributed by atoms with Crippen molar-refractivity contribution in [3.8, 4) is 0 Å². The lowest BCUT2D eigenvalue weighted by Gasteiger charge is -2.25. The van der Waals surface area contributed by atoms with E-state index in [9.17, 15) is 5.11 Å². The summed E-state index contributed by atoms with van der Waals surface area (Å²) < 4.78 is 5.29. The zero-order valence-electron chi connectivity index (χ0n) is 10.8. The second kappa shape index (κ2) is 5.00. The van der Waals surface area contributed by atoms with Gasteiger partial charge in [0.25, 0.3) is 0 Å². The lowest BCUT2D eigenvalue weighted by atomic mass is 10.1. The highest BCUT2D eigenvalue weighted by molar-refractivity contribution is 5.36. The molecule has 18 heavy (non-hydrogen) atoms. The minimum Gasteiger partial charge on any atom is -0.391 e. The number of hydrogen-bond donors (Lipinski definition) is 2. The fraction of sp³-hybridized carbons (Fsp3) is 0.600. The van der Waals surface area contributed by atoms with E-state index >= 15 is 0 Å². The highest BCUT2D eigenvalue weighted by Gasteiger charge is 2.37.